The third kappa shape index (κ3) is 2.93. The summed E-state index contributed by atoms with van der Waals surface area (Å²) in [6, 6.07) is 2.98. The predicted octanol–water partition coefficient (Wildman–Crippen LogP) is 1.30. The first-order valence-corrected chi connectivity index (χ1v) is 9.52. The number of benzene rings is 1. The number of hydrogen-bond donors (Lipinski definition) is 0. The Bertz CT molecular complexity index is 928. The van der Waals surface area contributed by atoms with E-state index in [9.17, 15) is 17.2 Å². The molecule has 1 aromatic heterocycles. The number of rotatable bonds is 3. The zero-order chi connectivity index (χ0) is 18.3. The van der Waals surface area contributed by atoms with E-state index in [0.717, 1.165) is 22.5 Å². The summed E-state index contributed by atoms with van der Waals surface area (Å²) in [5, 5.41) is 0. The normalized spacial score (nSPS) is 18.2. The van der Waals surface area contributed by atoms with Crippen LogP contribution in [0.5, 0.6) is 0 Å². The predicted molar refractivity (Wildman–Crippen MR) is 87.9 cm³/mol. The van der Waals surface area contributed by atoms with Gasteiger partial charge in [0.25, 0.3) is 0 Å². The molecular formula is C16H16F2N4O3S. The van der Waals surface area contributed by atoms with Gasteiger partial charge in [0.2, 0.25) is 16.0 Å². The molecule has 10 heteroatoms. The number of hydrogen-bond acceptors (Lipinski definition) is 6. The van der Waals surface area contributed by atoms with Crippen molar-refractivity contribution < 1.29 is 21.9 Å². The molecule has 4 rings (SSSR count). The summed E-state index contributed by atoms with van der Waals surface area (Å²) < 4.78 is 59.6. The van der Waals surface area contributed by atoms with Gasteiger partial charge in [-0.3, -0.25) is 0 Å². The van der Waals surface area contributed by atoms with Gasteiger partial charge in [-0.2, -0.15) is 4.31 Å². The molecule has 1 aromatic carbocycles. The lowest BCUT2D eigenvalue weighted by Crippen LogP contribution is -2.37. The fourth-order valence-corrected chi connectivity index (χ4v) is 4.55. The number of sulfonamides is 1. The molecule has 26 heavy (non-hydrogen) atoms. The Morgan fingerprint density at radius 3 is 2.46 bits per heavy atom. The molecule has 1 saturated heterocycles. The molecule has 7 nitrogen and oxygen atoms in total. The zero-order valence-corrected chi connectivity index (χ0v) is 14.5. The van der Waals surface area contributed by atoms with Crippen molar-refractivity contribution in [1.82, 2.24) is 14.3 Å². The van der Waals surface area contributed by atoms with Gasteiger partial charge in [0.15, 0.2) is 4.90 Å². The Morgan fingerprint density at radius 1 is 1.08 bits per heavy atom. The van der Waals surface area contributed by atoms with Gasteiger partial charge in [-0.05, 0) is 12.1 Å². The lowest BCUT2D eigenvalue weighted by atomic mass is 10.3. The Hall–Kier alpha value is -2.17. The Morgan fingerprint density at radius 2 is 1.77 bits per heavy atom. The SMILES string of the molecule is O=S(=O)(c1c(F)cccc1F)N1Cc2cnc(N3CCOCC3)nc2C1. The zero-order valence-electron chi connectivity index (χ0n) is 13.7. The van der Waals surface area contributed by atoms with E-state index >= 15 is 0 Å². The van der Waals surface area contributed by atoms with E-state index in [1.165, 1.54) is 0 Å². The monoisotopic (exact) mass is 382 g/mol. The summed E-state index contributed by atoms with van der Waals surface area (Å²) in [6.45, 7) is 2.39. The van der Waals surface area contributed by atoms with Crippen molar-refractivity contribution in [2.75, 3.05) is 31.2 Å². The molecule has 0 saturated carbocycles. The summed E-state index contributed by atoms with van der Waals surface area (Å²) in [6.07, 6.45) is 1.57. The molecule has 0 spiro atoms. The van der Waals surface area contributed by atoms with Crippen LogP contribution in [0.25, 0.3) is 0 Å². The average molecular weight is 382 g/mol. The molecular weight excluding hydrogens is 366 g/mol. The van der Waals surface area contributed by atoms with Crippen LogP contribution in [0.2, 0.25) is 0 Å². The van der Waals surface area contributed by atoms with E-state index in [1.54, 1.807) is 6.20 Å². The van der Waals surface area contributed by atoms with Gasteiger partial charge in [-0.15, -0.1) is 0 Å². The molecule has 2 aliphatic rings. The standard InChI is InChI=1S/C16H16F2N4O3S/c17-12-2-1-3-13(18)15(12)26(23,24)22-9-11-8-19-16(20-14(11)10-22)21-4-6-25-7-5-21/h1-3,8H,4-7,9-10H2. The Balaban J connectivity index is 1.62. The van der Waals surface area contributed by atoms with Crippen molar-refractivity contribution in [3.63, 3.8) is 0 Å². The van der Waals surface area contributed by atoms with Gasteiger partial charge < -0.3 is 9.64 Å². The highest BCUT2D eigenvalue weighted by molar-refractivity contribution is 7.89. The summed E-state index contributed by atoms with van der Waals surface area (Å²) in [7, 11) is -4.32. The minimum atomic E-state index is -4.32. The molecule has 0 atom stereocenters. The molecule has 138 valence electrons. The molecule has 0 bridgehead atoms. The molecule has 0 N–H and O–H groups in total. The van der Waals surface area contributed by atoms with Crippen molar-refractivity contribution in [2.45, 2.75) is 18.0 Å². The maximum absolute atomic E-state index is 13.9. The smallest absolute Gasteiger partial charge is 0.249 e. The van der Waals surface area contributed by atoms with Crippen LogP contribution in [0.1, 0.15) is 11.3 Å². The van der Waals surface area contributed by atoms with E-state index in [4.69, 9.17) is 4.74 Å². The molecule has 0 aliphatic carbocycles. The van der Waals surface area contributed by atoms with Crippen molar-refractivity contribution in [1.29, 1.82) is 0 Å². The Kier molecular flexibility index (Phi) is 4.33. The van der Waals surface area contributed by atoms with Crippen molar-refractivity contribution in [3.8, 4) is 0 Å². The number of halogens is 2. The van der Waals surface area contributed by atoms with Gasteiger partial charge in [-0.25, -0.2) is 27.2 Å². The van der Waals surface area contributed by atoms with Crippen LogP contribution in [-0.2, 0) is 27.8 Å². The van der Waals surface area contributed by atoms with Crippen LogP contribution in [-0.4, -0.2) is 49.0 Å². The summed E-state index contributed by atoms with van der Waals surface area (Å²) in [4.78, 5) is 9.75. The molecule has 0 amide bonds. The largest absolute Gasteiger partial charge is 0.378 e. The average Bonchev–Trinajstić information content (AvgIpc) is 3.06. The van der Waals surface area contributed by atoms with Crippen molar-refractivity contribution in [3.05, 3.63) is 47.3 Å². The highest BCUT2D eigenvalue weighted by Crippen LogP contribution is 2.30. The minimum absolute atomic E-state index is 0.0190. The fraction of sp³-hybridized carbons (Fsp3) is 0.375. The van der Waals surface area contributed by atoms with Crippen LogP contribution < -0.4 is 4.90 Å². The summed E-state index contributed by atoms with van der Waals surface area (Å²) in [5.41, 5.74) is 1.17. The Labute approximate surface area is 149 Å². The van der Waals surface area contributed by atoms with Crippen LogP contribution in [0.3, 0.4) is 0 Å². The molecule has 0 unspecified atom stereocenters. The first-order valence-electron chi connectivity index (χ1n) is 8.08. The highest BCUT2D eigenvalue weighted by Gasteiger charge is 2.36. The quantitative estimate of drug-likeness (QED) is 0.797. The van der Waals surface area contributed by atoms with Gasteiger partial charge in [0.05, 0.1) is 25.5 Å². The van der Waals surface area contributed by atoms with Crippen LogP contribution in [0, 0.1) is 11.6 Å². The molecule has 1 fully saturated rings. The summed E-state index contributed by atoms with van der Waals surface area (Å²) >= 11 is 0. The van der Waals surface area contributed by atoms with E-state index in [2.05, 4.69) is 9.97 Å². The lowest BCUT2D eigenvalue weighted by molar-refractivity contribution is 0.122. The first-order chi connectivity index (χ1) is 12.5. The second kappa shape index (κ2) is 6.53. The first kappa shape index (κ1) is 17.3. The lowest BCUT2D eigenvalue weighted by Gasteiger charge is -2.26. The maximum atomic E-state index is 13.9. The second-order valence-corrected chi connectivity index (χ2v) is 7.94. The highest BCUT2D eigenvalue weighted by atomic mass is 32.2. The maximum Gasteiger partial charge on any atom is 0.249 e. The number of ether oxygens (including phenoxy) is 1. The number of aromatic nitrogens is 2. The second-order valence-electron chi connectivity index (χ2n) is 6.07. The molecule has 2 aliphatic heterocycles. The third-order valence-electron chi connectivity index (χ3n) is 4.43. The number of anilines is 1. The third-order valence-corrected chi connectivity index (χ3v) is 6.27. The number of fused-ring (bicyclic) bond motifs is 1. The van der Waals surface area contributed by atoms with Gasteiger partial charge in [0, 0.05) is 31.4 Å². The van der Waals surface area contributed by atoms with Crippen LogP contribution >= 0.6 is 0 Å². The van der Waals surface area contributed by atoms with Crippen LogP contribution in [0.15, 0.2) is 29.3 Å². The van der Waals surface area contributed by atoms with E-state index in [0.29, 0.717) is 43.5 Å². The van der Waals surface area contributed by atoms with Gasteiger partial charge in [-0.1, -0.05) is 6.07 Å². The fourth-order valence-electron chi connectivity index (χ4n) is 3.06. The van der Waals surface area contributed by atoms with Gasteiger partial charge in [0.1, 0.15) is 11.6 Å². The van der Waals surface area contributed by atoms with Crippen LogP contribution in [0.4, 0.5) is 14.7 Å². The number of morpholine rings is 1. The number of nitrogens with zero attached hydrogens (tertiary/aromatic N) is 4. The van der Waals surface area contributed by atoms with E-state index < -0.39 is 26.6 Å². The minimum Gasteiger partial charge on any atom is -0.378 e. The van der Waals surface area contributed by atoms with Gasteiger partial charge >= 0.3 is 0 Å². The van der Waals surface area contributed by atoms with Crippen molar-refractivity contribution in [2.24, 2.45) is 0 Å². The molecule has 3 heterocycles. The summed E-state index contributed by atoms with van der Waals surface area (Å²) in [5.74, 6) is -1.72. The topological polar surface area (TPSA) is 75.6 Å². The molecule has 2 aromatic rings. The van der Waals surface area contributed by atoms with Crippen molar-refractivity contribution >= 4 is 16.0 Å². The molecule has 0 radical (unpaired) electrons. The van der Waals surface area contributed by atoms with E-state index in [1.807, 2.05) is 4.90 Å². The van der Waals surface area contributed by atoms with E-state index in [-0.39, 0.29) is 13.1 Å².